The zero-order chi connectivity index (χ0) is 12.3. The predicted octanol–water partition coefficient (Wildman–Crippen LogP) is 5.34. The van der Waals surface area contributed by atoms with Crippen LogP contribution < -0.4 is 0 Å². The normalized spacial score (nSPS) is 11.8. The number of hydrogen-bond donors (Lipinski definition) is 0. The molecule has 0 atom stereocenters. The fourth-order valence-electron chi connectivity index (χ4n) is 1.31. The van der Waals surface area contributed by atoms with Crippen molar-refractivity contribution in [3.63, 3.8) is 0 Å². The van der Waals surface area contributed by atoms with Crippen LogP contribution in [0.3, 0.4) is 0 Å². The van der Waals surface area contributed by atoms with Crippen LogP contribution in [0, 0.1) is 0 Å². The summed E-state index contributed by atoms with van der Waals surface area (Å²) in [5, 5.41) is 0. The first kappa shape index (κ1) is 15.2. The summed E-state index contributed by atoms with van der Waals surface area (Å²) in [6.07, 6.45) is 7.73. The quantitative estimate of drug-likeness (QED) is 0.342. The Balaban J connectivity index is 2.51. The zero-order valence-electron chi connectivity index (χ0n) is 10.8. The molecule has 1 rings (SSSR count). The zero-order valence-corrected chi connectivity index (χ0v) is 14.0. The molecule has 2 heteroatoms. The third-order valence-electron chi connectivity index (χ3n) is 2.30. The van der Waals surface area contributed by atoms with Gasteiger partial charge in [0.25, 0.3) is 0 Å². The molecule has 0 heterocycles. The van der Waals surface area contributed by atoms with E-state index in [9.17, 15) is 0 Å². The molecule has 17 heavy (non-hydrogen) atoms. The molecule has 0 N–H and O–H groups in total. The van der Waals surface area contributed by atoms with Crippen molar-refractivity contribution in [3.05, 3.63) is 39.4 Å². The van der Waals surface area contributed by atoms with E-state index in [0.29, 0.717) is 0 Å². The van der Waals surface area contributed by atoms with Crippen molar-refractivity contribution in [3.8, 4) is 0 Å². The van der Waals surface area contributed by atoms with Gasteiger partial charge in [-0.1, -0.05) is 0 Å². The molecule has 0 amide bonds. The number of thioether (sulfide) groups is 1. The molecule has 0 radical (unpaired) electrons. The molecule has 0 nitrogen and oxygen atoms in total. The van der Waals surface area contributed by atoms with Crippen molar-refractivity contribution in [2.45, 2.75) is 48.9 Å². The first-order valence-electron chi connectivity index (χ1n) is 6.42. The molecule has 0 bridgehead atoms. The van der Waals surface area contributed by atoms with E-state index < -0.39 is 0 Å². The first-order chi connectivity index (χ1) is 8.36. The Bertz CT molecular complexity index is 319. The summed E-state index contributed by atoms with van der Waals surface area (Å²) in [5.41, 5.74) is 0. The molecule has 1 aromatic carbocycles. The first-order valence-corrected chi connectivity index (χ1v) is 10.1. The summed E-state index contributed by atoms with van der Waals surface area (Å²) in [5.74, 6) is 0. The summed E-state index contributed by atoms with van der Waals surface area (Å²) in [7, 11) is 0. The molecule has 0 aliphatic carbocycles. The second-order valence-corrected chi connectivity index (χ2v) is 9.10. The molecular weight excluding hydrogens is 340 g/mol. The van der Waals surface area contributed by atoms with Gasteiger partial charge in [0.1, 0.15) is 0 Å². The molecule has 0 unspecified atom stereocenters. The van der Waals surface area contributed by atoms with Gasteiger partial charge in [-0.2, -0.15) is 0 Å². The minimum atomic E-state index is 0.0555. The Morgan fingerprint density at radius 1 is 1.18 bits per heavy atom. The van der Waals surface area contributed by atoms with Gasteiger partial charge in [-0.3, -0.25) is 0 Å². The van der Waals surface area contributed by atoms with E-state index in [-0.39, 0.29) is 20.9 Å². The number of benzene rings is 1. The van der Waals surface area contributed by atoms with Crippen LogP contribution >= 0.6 is 11.8 Å². The molecule has 0 spiro atoms. The molecule has 0 aliphatic heterocycles. The summed E-state index contributed by atoms with van der Waals surface area (Å²) in [6, 6.07) is 10.8. The van der Waals surface area contributed by atoms with E-state index in [0.717, 1.165) is 0 Å². The number of hydrogen-bond acceptors (Lipinski definition) is 1. The van der Waals surface area contributed by atoms with Gasteiger partial charge in [0, 0.05) is 0 Å². The SMILES string of the molecule is CCC/C=C(/Sc1ccccc1)[Te]CCCC. The van der Waals surface area contributed by atoms with Crippen molar-refractivity contribution in [1.29, 1.82) is 0 Å². The van der Waals surface area contributed by atoms with Crippen molar-refractivity contribution < 1.29 is 0 Å². The van der Waals surface area contributed by atoms with Crippen LogP contribution in [-0.2, 0) is 0 Å². The monoisotopic (exact) mass is 364 g/mol. The predicted molar refractivity (Wildman–Crippen MR) is 80.8 cm³/mol. The maximum absolute atomic E-state index is 2.48. The van der Waals surface area contributed by atoms with Gasteiger partial charge >= 0.3 is 121 Å². The number of unbranched alkanes of at least 4 members (excludes halogenated alkanes) is 2. The molecule has 94 valence electrons. The fraction of sp³-hybridized carbons (Fsp3) is 0.467. The summed E-state index contributed by atoms with van der Waals surface area (Å²) < 4.78 is 3.13. The van der Waals surface area contributed by atoms with Gasteiger partial charge in [0.15, 0.2) is 0 Å². The van der Waals surface area contributed by atoms with Crippen LogP contribution in [-0.4, -0.2) is 20.9 Å². The minimum absolute atomic E-state index is 0.0555. The Hall–Kier alpha value is 0.0996. The molecule has 0 saturated heterocycles. The molecule has 0 aliphatic rings. The molecule has 1 aromatic rings. The van der Waals surface area contributed by atoms with E-state index in [1.807, 2.05) is 11.8 Å². The molecule has 0 aromatic heterocycles. The summed E-state index contributed by atoms with van der Waals surface area (Å²) >= 11 is 2.05. The van der Waals surface area contributed by atoms with E-state index in [1.165, 1.54) is 35.0 Å². The summed E-state index contributed by atoms with van der Waals surface area (Å²) in [4.78, 5) is 1.40. The topological polar surface area (TPSA) is 0 Å². The second-order valence-electron chi connectivity index (χ2n) is 3.93. The molecule has 0 saturated carbocycles. The van der Waals surface area contributed by atoms with Crippen LogP contribution in [0.5, 0.6) is 0 Å². The van der Waals surface area contributed by atoms with E-state index in [4.69, 9.17) is 0 Å². The van der Waals surface area contributed by atoms with Gasteiger partial charge in [-0.05, 0) is 0 Å². The third-order valence-corrected chi connectivity index (χ3v) is 7.38. The van der Waals surface area contributed by atoms with Crippen LogP contribution in [0.15, 0.2) is 44.3 Å². The van der Waals surface area contributed by atoms with Gasteiger partial charge in [-0.25, -0.2) is 0 Å². The van der Waals surface area contributed by atoms with E-state index in [1.54, 1.807) is 2.95 Å². The Labute approximate surface area is 120 Å². The maximum atomic E-state index is 2.48. The number of rotatable bonds is 8. The Morgan fingerprint density at radius 2 is 1.94 bits per heavy atom. The van der Waals surface area contributed by atoms with Crippen LogP contribution in [0.1, 0.15) is 39.5 Å². The van der Waals surface area contributed by atoms with Crippen LogP contribution in [0.25, 0.3) is 0 Å². The van der Waals surface area contributed by atoms with Crippen molar-refractivity contribution in [1.82, 2.24) is 0 Å². The van der Waals surface area contributed by atoms with Gasteiger partial charge < -0.3 is 0 Å². The Morgan fingerprint density at radius 3 is 2.59 bits per heavy atom. The molecular formula is C15H22STe. The van der Waals surface area contributed by atoms with Gasteiger partial charge in [-0.15, -0.1) is 0 Å². The van der Waals surface area contributed by atoms with Crippen molar-refractivity contribution in [2.24, 2.45) is 0 Å². The third kappa shape index (κ3) is 7.19. The van der Waals surface area contributed by atoms with Gasteiger partial charge in [0.2, 0.25) is 0 Å². The second kappa shape index (κ2) is 10.1. The van der Waals surface area contributed by atoms with Crippen molar-refractivity contribution >= 4 is 32.7 Å². The fourth-order valence-corrected chi connectivity index (χ4v) is 6.47. The Kier molecular flexibility index (Phi) is 8.97. The summed E-state index contributed by atoms with van der Waals surface area (Å²) in [6.45, 7) is 4.54. The van der Waals surface area contributed by atoms with E-state index >= 15 is 0 Å². The van der Waals surface area contributed by atoms with Crippen LogP contribution in [0.2, 0.25) is 4.47 Å². The van der Waals surface area contributed by atoms with Crippen molar-refractivity contribution in [2.75, 3.05) is 0 Å². The van der Waals surface area contributed by atoms with E-state index in [2.05, 4.69) is 50.3 Å². The standard InChI is InChI=1S/C15H22STe/c1-3-5-12-15(17-13-6-4-2)16-14-10-8-7-9-11-14/h7-12H,3-6,13H2,1-2H3/b15-12-. The average molecular weight is 362 g/mol. The van der Waals surface area contributed by atoms with Gasteiger partial charge in [0.05, 0.1) is 0 Å². The van der Waals surface area contributed by atoms with Crippen LogP contribution in [0.4, 0.5) is 0 Å². The number of allylic oxidation sites excluding steroid dienone is 1. The molecule has 0 fully saturated rings. The average Bonchev–Trinajstić information content (AvgIpc) is 2.37.